The van der Waals surface area contributed by atoms with Crippen LogP contribution in [-0.4, -0.2) is 80.8 Å². The van der Waals surface area contributed by atoms with Crippen LogP contribution in [0.1, 0.15) is 61.5 Å². The molecular weight excluding hydrogens is 673 g/mol. The second-order valence-corrected chi connectivity index (χ2v) is 15.4. The van der Waals surface area contributed by atoms with Crippen molar-refractivity contribution >= 4 is 44.8 Å². The van der Waals surface area contributed by atoms with Crippen molar-refractivity contribution in [3.8, 4) is 5.75 Å². The number of nitrogens with one attached hydrogen (secondary N) is 1. The minimum atomic E-state index is -3.91. The number of likely N-dealkylation sites (N-methyl/N-ethyl adjacent to an activating group) is 1. The molecule has 0 spiro atoms. The van der Waals surface area contributed by atoms with Gasteiger partial charge in [-0.1, -0.05) is 53.9 Å². The highest BCUT2D eigenvalue weighted by molar-refractivity contribution is 7.92. The lowest BCUT2D eigenvalue weighted by Crippen LogP contribution is -2.47. The Balaban J connectivity index is 1.63. The van der Waals surface area contributed by atoms with Crippen molar-refractivity contribution in [1.29, 1.82) is 0 Å². The van der Waals surface area contributed by atoms with Crippen LogP contribution < -0.4 is 9.46 Å². The summed E-state index contributed by atoms with van der Waals surface area (Å²) in [6.45, 7) is 9.48. The number of sulfonamides is 1. The lowest BCUT2D eigenvalue weighted by Gasteiger charge is -2.36. The number of nitrogens with zero attached hydrogens (tertiary/aromatic N) is 2. The minimum absolute atomic E-state index is 0.115. The van der Waals surface area contributed by atoms with Crippen molar-refractivity contribution in [2.24, 2.45) is 5.92 Å². The highest BCUT2D eigenvalue weighted by Crippen LogP contribution is 2.30. The Kier molecular flexibility index (Phi) is 13.6. The van der Waals surface area contributed by atoms with E-state index in [9.17, 15) is 18.3 Å². The number of rotatable bonds is 9. The molecule has 0 aromatic heterocycles. The molecule has 262 valence electrons. The van der Waals surface area contributed by atoms with Crippen molar-refractivity contribution in [1.82, 2.24) is 9.80 Å². The second-order valence-electron chi connectivity index (χ2n) is 12.9. The zero-order valence-electron chi connectivity index (χ0n) is 28.3. The molecule has 3 aromatic rings. The fourth-order valence-corrected chi connectivity index (χ4v) is 7.07. The molecule has 9 nitrogen and oxygen atoms in total. The number of carbonyl (C=O) groups is 1. The Labute approximate surface area is 295 Å². The summed E-state index contributed by atoms with van der Waals surface area (Å²) in [5, 5.41) is 11.3. The van der Waals surface area contributed by atoms with Gasteiger partial charge in [0.2, 0.25) is 0 Å². The summed E-state index contributed by atoms with van der Waals surface area (Å²) in [5.41, 5.74) is 2.40. The van der Waals surface area contributed by atoms with Crippen molar-refractivity contribution in [2.45, 2.75) is 76.6 Å². The molecule has 0 bridgehead atoms. The number of hydrogen-bond acceptors (Lipinski definition) is 7. The number of fused-ring (bicyclic) bond motifs is 1. The first kappa shape index (κ1) is 38.0. The van der Waals surface area contributed by atoms with Gasteiger partial charge in [-0.25, -0.2) is 8.42 Å². The number of aliphatic hydroxyl groups excluding tert-OH is 1. The number of aryl methyl sites for hydroxylation is 1. The first-order valence-corrected chi connectivity index (χ1v) is 18.6. The van der Waals surface area contributed by atoms with Gasteiger partial charge in [-0.15, -0.1) is 0 Å². The molecule has 4 atom stereocenters. The number of benzene rings is 3. The van der Waals surface area contributed by atoms with Crippen molar-refractivity contribution in [2.75, 3.05) is 38.1 Å². The van der Waals surface area contributed by atoms with Crippen LogP contribution in [0.2, 0.25) is 10.0 Å². The summed E-state index contributed by atoms with van der Waals surface area (Å²) in [5.74, 6) is -0.129. The number of amides is 1. The molecule has 2 N–H and O–H groups in total. The highest BCUT2D eigenvalue weighted by Gasteiger charge is 2.31. The minimum Gasteiger partial charge on any atom is -0.490 e. The summed E-state index contributed by atoms with van der Waals surface area (Å²) >= 11 is 12.4. The molecule has 4 rings (SSSR count). The molecular formula is C36H47Cl2N3O6S. The largest absolute Gasteiger partial charge is 0.490 e. The lowest BCUT2D eigenvalue weighted by atomic mass is 10.0. The third kappa shape index (κ3) is 10.3. The maximum Gasteiger partial charge on any atom is 0.261 e. The van der Waals surface area contributed by atoms with E-state index >= 15 is 0 Å². The number of hydrogen-bond donors (Lipinski definition) is 2. The molecule has 3 aromatic carbocycles. The van der Waals surface area contributed by atoms with Gasteiger partial charge in [0.25, 0.3) is 15.9 Å². The smallest absolute Gasteiger partial charge is 0.261 e. The molecule has 0 radical (unpaired) electrons. The molecule has 0 saturated heterocycles. The molecule has 0 fully saturated rings. The predicted molar refractivity (Wildman–Crippen MR) is 192 cm³/mol. The molecule has 1 aliphatic heterocycles. The first-order chi connectivity index (χ1) is 22.8. The summed E-state index contributed by atoms with van der Waals surface area (Å²) in [7, 11) is -1.90. The SMILES string of the molecule is Cc1ccc(S(=O)(=O)Nc2ccc3c(c2)C(=O)N([C@H](C)CO)C[C@@H](C)[C@@H](CN(C)Cc2ccc(Cl)c(Cl)c2)OCCCC[C@H](C)O3)cc1. The average Bonchev–Trinajstić information content (AvgIpc) is 3.04. The maximum atomic E-state index is 14.4. The summed E-state index contributed by atoms with van der Waals surface area (Å²) in [4.78, 5) is 18.3. The molecule has 0 aliphatic carbocycles. The molecule has 12 heteroatoms. The van der Waals surface area contributed by atoms with E-state index in [1.165, 1.54) is 6.07 Å². The normalized spacial score (nSPS) is 20.5. The number of halogens is 2. The van der Waals surface area contributed by atoms with Gasteiger partial charge in [0.05, 0.1) is 45.4 Å². The third-order valence-corrected chi connectivity index (χ3v) is 10.7. The van der Waals surface area contributed by atoms with E-state index in [0.29, 0.717) is 42.0 Å². The van der Waals surface area contributed by atoms with E-state index in [1.807, 2.05) is 40.0 Å². The highest BCUT2D eigenvalue weighted by atomic mass is 35.5. The van der Waals surface area contributed by atoms with Crippen LogP contribution in [0.25, 0.3) is 0 Å². The van der Waals surface area contributed by atoms with Gasteiger partial charge in [0.15, 0.2) is 0 Å². The van der Waals surface area contributed by atoms with E-state index in [2.05, 4.69) is 9.62 Å². The molecule has 48 heavy (non-hydrogen) atoms. The van der Waals surface area contributed by atoms with E-state index in [0.717, 1.165) is 30.4 Å². The summed E-state index contributed by atoms with van der Waals surface area (Å²) in [6.07, 6.45) is 2.03. The fraction of sp³-hybridized carbons (Fsp3) is 0.472. The van der Waals surface area contributed by atoms with Crippen LogP contribution in [0.4, 0.5) is 5.69 Å². The predicted octanol–water partition coefficient (Wildman–Crippen LogP) is 7.03. The zero-order chi connectivity index (χ0) is 35.0. The van der Waals surface area contributed by atoms with Crippen LogP contribution in [0.5, 0.6) is 5.75 Å². The van der Waals surface area contributed by atoms with Crippen LogP contribution in [0, 0.1) is 12.8 Å². The monoisotopic (exact) mass is 719 g/mol. The van der Waals surface area contributed by atoms with E-state index in [1.54, 1.807) is 54.3 Å². The lowest BCUT2D eigenvalue weighted by molar-refractivity contribution is -0.0177. The quantitative estimate of drug-likeness (QED) is 0.245. The van der Waals surface area contributed by atoms with Crippen LogP contribution in [-0.2, 0) is 21.3 Å². The van der Waals surface area contributed by atoms with Crippen LogP contribution >= 0.6 is 23.2 Å². The van der Waals surface area contributed by atoms with Crippen molar-refractivity contribution < 1.29 is 27.8 Å². The van der Waals surface area contributed by atoms with E-state index < -0.39 is 16.1 Å². The molecule has 1 amide bonds. The van der Waals surface area contributed by atoms with Crippen LogP contribution in [0.3, 0.4) is 0 Å². The number of aliphatic hydroxyl groups is 1. The third-order valence-electron chi connectivity index (χ3n) is 8.56. The van der Waals surface area contributed by atoms with Gasteiger partial charge in [0.1, 0.15) is 5.75 Å². The Morgan fingerprint density at radius 3 is 2.46 bits per heavy atom. The molecule has 0 saturated carbocycles. The Morgan fingerprint density at radius 1 is 1.04 bits per heavy atom. The maximum absolute atomic E-state index is 14.4. The van der Waals surface area contributed by atoms with Gasteiger partial charge in [-0.3, -0.25) is 14.4 Å². The Morgan fingerprint density at radius 2 is 1.77 bits per heavy atom. The van der Waals surface area contributed by atoms with Gasteiger partial charge < -0.3 is 19.5 Å². The molecule has 1 heterocycles. The number of carbonyl (C=O) groups excluding carboxylic acids is 1. The van der Waals surface area contributed by atoms with Gasteiger partial charge in [0, 0.05) is 37.8 Å². The number of ether oxygens (including phenoxy) is 2. The second kappa shape index (κ2) is 17.2. The van der Waals surface area contributed by atoms with Crippen molar-refractivity contribution in [3.63, 3.8) is 0 Å². The molecule has 1 aliphatic rings. The van der Waals surface area contributed by atoms with Gasteiger partial charge >= 0.3 is 0 Å². The fourth-order valence-electron chi connectivity index (χ4n) is 5.70. The van der Waals surface area contributed by atoms with Crippen molar-refractivity contribution in [3.05, 3.63) is 87.4 Å². The standard InChI is InChI=1S/C36H47Cl2N3O6S/c1-24-9-13-30(14-10-24)48(44,45)39-29-12-16-34-31(19-29)36(43)41(26(3)23-42)20-25(2)35(46-17-7-6-8-27(4)47-34)22-40(5)21-28-11-15-32(37)33(38)18-28/h9-16,18-19,25-27,35,39,42H,6-8,17,20-23H2,1-5H3/t25-,26-,27+,35-/m1/s1. The molecule has 0 unspecified atom stereocenters. The number of anilines is 1. The van der Waals surface area contributed by atoms with Gasteiger partial charge in [-0.05, 0) is 95.1 Å². The Bertz CT molecular complexity index is 1640. The first-order valence-electron chi connectivity index (χ1n) is 16.3. The average molecular weight is 721 g/mol. The van der Waals surface area contributed by atoms with E-state index in [-0.39, 0.29) is 46.8 Å². The van der Waals surface area contributed by atoms with Gasteiger partial charge in [-0.2, -0.15) is 0 Å². The van der Waals surface area contributed by atoms with E-state index in [4.69, 9.17) is 32.7 Å². The Hall–Kier alpha value is -2.86. The van der Waals surface area contributed by atoms with Crippen LogP contribution in [0.15, 0.2) is 65.6 Å². The zero-order valence-corrected chi connectivity index (χ0v) is 30.6. The topological polar surface area (TPSA) is 108 Å². The summed E-state index contributed by atoms with van der Waals surface area (Å²) < 4.78 is 41.8. The summed E-state index contributed by atoms with van der Waals surface area (Å²) in [6, 6.07) is 16.4.